The van der Waals surface area contributed by atoms with Crippen molar-refractivity contribution in [2.75, 3.05) is 18.5 Å². The number of anilines is 1. The van der Waals surface area contributed by atoms with Crippen LogP contribution in [0.4, 0.5) is 5.82 Å². The van der Waals surface area contributed by atoms with Crippen LogP contribution in [-0.4, -0.2) is 29.7 Å². The molecule has 0 saturated heterocycles. The van der Waals surface area contributed by atoms with Gasteiger partial charge in [0.1, 0.15) is 11.4 Å². The van der Waals surface area contributed by atoms with Gasteiger partial charge in [0.05, 0.1) is 0 Å². The van der Waals surface area contributed by atoms with E-state index in [9.17, 15) is 9.90 Å². The van der Waals surface area contributed by atoms with Gasteiger partial charge in [0.2, 0.25) is 0 Å². The Labute approximate surface area is 120 Å². The monoisotopic (exact) mass is 276 g/mol. The summed E-state index contributed by atoms with van der Waals surface area (Å²) in [5.41, 5.74) is 2.55. The molecule has 1 N–H and O–H groups in total. The molecule has 4 nitrogen and oxygen atoms in total. The van der Waals surface area contributed by atoms with Gasteiger partial charge in [-0.1, -0.05) is 20.3 Å². The van der Waals surface area contributed by atoms with Crippen molar-refractivity contribution < 1.29 is 9.90 Å². The fourth-order valence-corrected chi connectivity index (χ4v) is 2.75. The summed E-state index contributed by atoms with van der Waals surface area (Å²) < 4.78 is 0. The van der Waals surface area contributed by atoms with Crippen LogP contribution in [0.3, 0.4) is 0 Å². The molecule has 0 aromatic carbocycles. The fraction of sp³-hybridized carbons (Fsp3) is 0.625. The minimum absolute atomic E-state index is 0.344. The summed E-state index contributed by atoms with van der Waals surface area (Å²) in [5.74, 6) is 0.273. The third kappa shape index (κ3) is 3.11. The van der Waals surface area contributed by atoms with Crippen molar-refractivity contribution >= 4 is 11.8 Å². The summed E-state index contributed by atoms with van der Waals surface area (Å²) in [5, 5.41) is 9.44. The first-order valence-electron chi connectivity index (χ1n) is 7.50. The van der Waals surface area contributed by atoms with E-state index in [4.69, 9.17) is 0 Å². The van der Waals surface area contributed by atoms with Crippen molar-refractivity contribution in [2.45, 2.75) is 46.0 Å². The predicted molar refractivity (Wildman–Crippen MR) is 80.6 cm³/mol. The third-order valence-corrected chi connectivity index (χ3v) is 4.16. The summed E-state index contributed by atoms with van der Waals surface area (Å²) in [4.78, 5) is 18.2. The van der Waals surface area contributed by atoms with Gasteiger partial charge >= 0.3 is 5.97 Å². The van der Waals surface area contributed by atoms with E-state index < -0.39 is 5.97 Å². The average molecular weight is 276 g/mol. The van der Waals surface area contributed by atoms with Gasteiger partial charge < -0.3 is 10.0 Å². The van der Waals surface area contributed by atoms with Gasteiger partial charge in [-0.05, 0) is 43.2 Å². The molecule has 1 aliphatic rings. The number of aromatic nitrogens is 1. The number of carboxylic acids is 1. The number of carbonyl (C=O) groups is 1. The molecule has 4 heteroatoms. The number of hydrogen-bond acceptors (Lipinski definition) is 3. The Bertz CT molecular complexity index is 499. The van der Waals surface area contributed by atoms with Crippen LogP contribution in [-0.2, 0) is 12.8 Å². The lowest BCUT2D eigenvalue weighted by Gasteiger charge is -2.25. The maximum Gasteiger partial charge on any atom is 0.339 e. The fourth-order valence-electron chi connectivity index (χ4n) is 2.75. The Morgan fingerprint density at radius 2 is 2.15 bits per heavy atom. The Hall–Kier alpha value is -1.58. The lowest BCUT2D eigenvalue weighted by Crippen LogP contribution is -2.27. The molecule has 0 saturated carbocycles. The quantitative estimate of drug-likeness (QED) is 0.897. The summed E-state index contributed by atoms with van der Waals surface area (Å²) in [6.07, 6.45) is 5.30. The minimum Gasteiger partial charge on any atom is -0.478 e. The van der Waals surface area contributed by atoms with E-state index in [0.717, 1.165) is 49.9 Å². The molecule has 1 atom stereocenters. The number of aryl methyl sites for hydroxylation is 2. The molecule has 2 rings (SSSR count). The molecule has 0 spiro atoms. The number of rotatable bonds is 5. The van der Waals surface area contributed by atoms with E-state index >= 15 is 0 Å². The van der Waals surface area contributed by atoms with E-state index in [1.807, 2.05) is 18.0 Å². The van der Waals surface area contributed by atoms with Gasteiger partial charge in [0.15, 0.2) is 0 Å². The van der Waals surface area contributed by atoms with Crippen LogP contribution < -0.4 is 4.90 Å². The van der Waals surface area contributed by atoms with Gasteiger partial charge in [-0.15, -0.1) is 0 Å². The molecule has 1 unspecified atom stereocenters. The Morgan fingerprint density at radius 3 is 2.80 bits per heavy atom. The summed E-state index contributed by atoms with van der Waals surface area (Å²) in [6.45, 7) is 5.16. The average Bonchev–Trinajstić information content (AvgIpc) is 2.45. The molecule has 20 heavy (non-hydrogen) atoms. The van der Waals surface area contributed by atoms with Gasteiger partial charge in [0, 0.05) is 19.3 Å². The van der Waals surface area contributed by atoms with Crippen molar-refractivity contribution in [3.8, 4) is 0 Å². The number of hydrogen-bond donors (Lipinski definition) is 1. The molecular formula is C16H24N2O2. The summed E-state index contributed by atoms with van der Waals surface area (Å²) in [6, 6.07) is 1.84. The molecule has 0 aliphatic heterocycles. The number of carboxylic acid groups (broad SMARTS) is 1. The largest absolute Gasteiger partial charge is 0.478 e. The second-order valence-corrected chi connectivity index (χ2v) is 5.87. The van der Waals surface area contributed by atoms with E-state index in [2.05, 4.69) is 18.8 Å². The zero-order valence-corrected chi connectivity index (χ0v) is 12.6. The molecule has 0 bridgehead atoms. The maximum absolute atomic E-state index is 11.5. The molecule has 1 aliphatic carbocycles. The lowest BCUT2D eigenvalue weighted by atomic mass is 9.94. The first-order valence-corrected chi connectivity index (χ1v) is 7.50. The van der Waals surface area contributed by atoms with Gasteiger partial charge in [-0.3, -0.25) is 0 Å². The van der Waals surface area contributed by atoms with Crippen LogP contribution >= 0.6 is 0 Å². The van der Waals surface area contributed by atoms with Crippen molar-refractivity contribution in [1.82, 2.24) is 4.98 Å². The molecule has 0 fully saturated rings. The van der Waals surface area contributed by atoms with Gasteiger partial charge in [-0.2, -0.15) is 0 Å². The van der Waals surface area contributed by atoms with Crippen LogP contribution in [0, 0.1) is 5.92 Å². The van der Waals surface area contributed by atoms with Crippen LogP contribution in [0.1, 0.15) is 54.7 Å². The van der Waals surface area contributed by atoms with Crippen LogP contribution in [0.15, 0.2) is 6.07 Å². The first kappa shape index (κ1) is 14.8. The van der Waals surface area contributed by atoms with Crippen LogP contribution in [0.2, 0.25) is 0 Å². The highest BCUT2D eigenvalue weighted by molar-refractivity contribution is 5.93. The van der Waals surface area contributed by atoms with Gasteiger partial charge in [-0.25, -0.2) is 9.78 Å². The first-order chi connectivity index (χ1) is 9.52. The Morgan fingerprint density at radius 1 is 1.45 bits per heavy atom. The van der Waals surface area contributed by atoms with Crippen LogP contribution in [0.5, 0.6) is 0 Å². The van der Waals surface area contributed by atoms with E-state index in [1.165, 1.54) is 0 Å². The highest BCUT2D eigenvalue weighted by atomic mass is 16.4. The third-order valence-electron chi connectivity index (χ3n) is 4.16. The van der Waals surface area contributed by atoms with Crippen molar-refractivity contribution in [2.24, 2.45) is 5.92 Å². The summed E-state index contributed by atoms with van der Waals surface area (Å²) in [7, 11) is 1.94. The van der Waals surface area contributed by atoms with Crippen molar-refractivity contribution in [1.29, 1.82) is 0 Å². The molecule has 0 radical (unpaired) electrons. The molecule has 1 aromatic heterocycles. The normalized spacial score (nSPS) is 15.6. The number of pyridine rings is 1. The SMILES string of the molecule is CCC(C)CN(C)c1nc2c(cc1C(=O)O)CCCC2. The Kier molecular flexibility index (Phi) is 4.63. The maximum atomic E-state index is 11.5. The highest BCUT2D eigenvalue weighted by Gasteiger charge is 2.21. The topological polar surface area (TPSA) is 53.4 Å². The second kappa shape index (κ2) is 6.25. The zero-order chi connectivity index (χ0) is 14.7. The van der Waals surface area contributed by atoms with Gasteiger partial charge in [0.25, 0.3) is 0 Å². The molecule has 1 heterocycles. The lowest BCUT2D eigenvalue weighted by molar-refractivity contribution is 0.0697. The minimum atomic E-state index is -0.878. The van der Waals surface area contributed by atoms with Crippen molar-refractivity contribution in [3.63, 3.8) is 0 Å². The number of nitrogens with zero attached hydrogens (tertiary/aromatic N) is 2. The summed E-state index contributed by atoms with van der Waals surface area (Å²) >= 11 is 0. The van der Waals surface area contributed by atoms with Crippen LogP contribution in [0.25, 0.3) is 0 Å². The molecule has 0 amide bonds. The smallest absolute Gasteiger partial charge is 0.339 e. The van der Waals surface area contributed by atoms with E-state index in [-0.39, 0.29) is 0 Å². The highest BCUT2D eigenvalue weighted by Crippen LogP contribution is 2.27. The van der Waals surface area contributed by atoms with E-state index in [1.54, 1.807) is 0 Å². The molecular weight excluding hydrogens is 252 g/mol. The number of aromatic carboxylic acids is 1. The Balaban J connectivity index is 2.36. The standard InChI is InChI=1S/C16H24N2O2/c1-4-11(2)10-18(3)15-13(16(19)20)9-12-7-5-6-8-14(12)17-15/h9,11H,4-8,10H2,1-3H3,(H,19,20). The molecule has 1 aromatic rings. The number of fused-ring (bicyclic) bond motifs is 1. The predicted octanol–water partition coefficient (Wildman–Crippen LogP) is 3.14. The van der Waals surface area contributed by atoms with E-state index in [0.29, 0.717) is 17.3 Å². The van der Waals surface area contributed by atoms with Crippen molar-refractivity contribution in [3.05, 3.63) is 22.9 Å². The second-order valence-electron chi connectivity index (χ2n) is 5.87. The molecule has 110 valence electrons. The zero-order valence-electron chi connectivity index (χ0n) is 12.6.